The molecule has 0 saturated carbocycles. The molecule has 0 aromatic heterocycles. The number of piperidine rings is 1. The van der Waals surface area contributed by atoms with Crippen molar-refractivity contribution >= 4 is 28.8 Å². The van der Waals surface area contributed by atoms with Crippen LogP contribution in [-0.2, 0) is 9.59 Å². The van der Waals surface area contributed by atoms with Crippen LogP contribution in [0.3, 0.4) is 0 Å². The second-order valence-electron chi connectivity index (χ2n) is 7.02. The van der Waals surface area contributed by atoms with Gasteiger partial charge in [-0.05, 0) is 74.1 Å². The van der Waals surface area contributed by atoms with Crippen LogP contribution in [0.4, 0.5) is 0 Å². The maximum atomic E-state index is 9.10. The summed E-state index contributed by atoms with van der Waals surface area (Å²) in [6.45, 7) is 3.95. The molecule has 0 aliphatic carbocycles. The summed E-state index contributed by atoms with van der Waals surface area (Å²) < 4.78 is 0. The average Bonchev–Trinajstić information content (AvgIpc) is 2.71. The van der Waals surface area contributed by atoms with E-state index in [9.17, 15) is 0 Å². The molecule has 0 amide bonds. The van der Waals surface area contributed by atoms with Gasteiger partial charge in [0, 0.05) is 0 Å². The number of carboxylic acids is 2. The van der Waals surface area contributed by atoms with Gasteiger partial charge in [0.15, 0.2) is 0 Å². The fourth-order valence-corrected chi connectivity index (χ4v) is 3.31. The highest BCUT2D eigenvalue weighted by Crippen LogP contribution is 2.17. The average molecular weight is 383 g/mol. The lowest BCUT2D eigenvalue weighted by Crippen LogP contribution is -2.30. The molecular weight excluding hydrogens is 354 g/mol. The van der Waals surface area contributed by atoms with Crippen molar-refractivity contribution in [1.82, 2.24) is 4.90 Å². The number of hydrogen-bond donors (Lipinski definition) is 2. The Morgan fingerprint density at radius 3 is 2.25 bits per heavy atom. The number of carbonyl (C=O) groups is 2. The van der Waals surface area contributed by atoms with E-state index in [2.05, 4.69) is 59.5 Å². The van der Waals surface area contributed by atoms with E-state index in [1.165, 1.54) is 74.5 Å². The second kappa shape index (κ2) is 11.9. The van der Waals surface area contributed by atoms with Crippen molar-refractivity contribution in [3.63, 3.8) is 0 Å². The first-order valence-corrected chi connectivity index (χ1v) is 9.90. The Hall–Kier alpha value is -2.66. The first kappa shape index (κ1) is 21.6. The number of likely N-dealkylation sites (tertiary alicyclic amines) is 1. The number of carboxylic acid groups (broad SMARTS) is 2. The Morgan fingerprint density at radius 1 is 0.893 bits per heavy atom. The Bertz CT molecular complexity index is 782. The van der Waals surface area contributed by atoms with Crippen LogP contribution >= 0.6 is 0 Å². The zero-order chi connectivity index (χ0) is 20.2. The van der Waals surface area contributed by atoms with Crippen molar-refractivity contribution in [2.45, 2.75) is 38.5 Å². The lowest BCUT2D eigenvalue weighted by atomic mass is 10.1. The molecule has 0 spiro atoms. The molecule has 1 fully saturated rings. The zero-order valence-corrected chi connectivity index (χ0v) is 16.2. The van der Waals surface area contributed by atoms with Crippen LogP contribution in [0.15, 0.2) is 48.5 Å². The Balaban J connectivity index is 0.000000409. The quantitative estimate of drug-likeness (QED) is 0.560. The molecule has 1 saturated heterocycles. The van der Waals surface area contributed by atoms with Crippen molar-refractivity contribution in [3.8, 4) is 0 Å². The molecule has 150 valence electrons. The molecule has 0 unspecified atom stereocenters. The maximum Gasteiger partial charge on any atom is 0.414 e. The van der Waals surface area contributed by atoms with Crippen molar-refractivity contribution in [1.29, 1.82) is 0 Å². The summed E-state index contributed by atoms with van der Waals surface area (Å²) >= 11 is 0. The van der Waals surface area contributed by atoms with Crippen LogP contribution in [0.25, 0.3) is 16.8 Å². The largest absolute Gasteiger partial charge is 0.473 e. The van der Waals surface area contributed by atoms with E-state index in [1.807, 2.05) is 0 Å². The molecule has 3 rings (SSSR count). The molecule has 0 bridgehead atoms. The third-order valence-corrected chi connectivity index (χ3v) is 4.81. The number of rotatable bonds is 6. The standard InChI is InChI=1S/C21H27N.C2H2O4/c1(2-7-15-22-16-8-3-9-17-22)4-10-19-13-14-20-11-5-6-12-21(20)18-19;3-1(4)2(5)6/h4-6,10-14,18H,1-3,7-9,15-17H2;(H,3,4)(H,5,6). The normalized spacial score (nSPS) is 14.6. The van der Waals surface area contributed by atoms with Gasteiger partial charge in [0.2, 0.25) is 0 Å². The molecule has 28 heavy (non-hydrogen) atoms. The number of benzene rings is 2. The number of fused-ring (bicyclic) bond motifs is 1. The Morgan fingerprint density at radius 2 is 1.57 bits per heavy atom. The lowest BCUT2D eigenvalue weighted by molar-refractivity contribution is -0.159. The van der Waals surface area contributed by atoms with Gasteiger partial charge in [-0.15, -0.1) is 0 Å². The summed E-state index contributed by atoms with van der Waals surface area (Å²) in [5, 5.41) is 17.4. The number of nitrogens with zero attached hydrogens (tertiary/aromatic N) is 1. The number of allylic oxidation sites excluding steroid dienone is 1. The highest BCUT2D eigenvalue weighted by Gasteiger charge is 2.08. The smallest absolute Gasteiger partial charge is 0.414 e. The molecule has 5 heteroatoms. The van der Waals surface area contributed by atoms with Crippen LogP contribution in [0, 0.1) is 0 Å². The van der Waals surface area contributed by atoms with Crippen molar-refractivity contribution in [3.05, 3.63) is 54.1 Å². The predicted octanol–water partition coefficient (Wildman–Crippen LogP) is 4.66. The molecule has 2 aromatic carbocycles. The van der Waals surface area contributed by atoms with Gasteiger partial charge in [0.05, 0.1) is 0 Å². The van der Waals surface area contributed by atoms with Gasteiger partial charge in [-0.3, -0.25) is 0 Å². The van der Waals surface area contributed by atoms with E-state index >= 15 is 0 Å². The topological polar surface area (TPSA) is 77.8 Å². The van der Waals surface area contributed by atoms with Crippen molar-refractivity contribution in [2.75, 3.05) is 19.6 Å². The summed E-state index contributed by atoms with van der Waals surface area (Å²) in [5.74, 6) is -3.65. The van der Waals surface area contributed by atoms with Crippen LogP contribution < -0.4 is 0 Å². The fourth-order valence-electron chi connectivity index (χ4n) is 3.31. The van der Waals surface area contributed by atoms with E-state index in [1.54, 1.807) is 0 Å². The van der Waals surface area contributed by atoms with Gasteiger partial charge in [0.1, 0.15) is 0 Å². The molecule has 1 heterocycles. The zero-order valence-electron chi connectivity index (χ0n) is 16.2. The van der Waals surface area contributed by atoms with E-state index in [4.69, 9.17) is 19.8 Å². The molecule has 0 atom stereocenters. The highest BCUT2D eigenvalue weighted by molar-refractivity contribution is 6.27. The van der Waals surface area contributed by atoms with Crippen LogP contribution in [0.2, 0.25) is 0 Å². The summed E-state index contributed by atoms with van der Waals surface area (Å²) in [6.07, 6.45) is 12.7. The molecular formula is C23H29NO4. The molecule has 2 N–H and O–H groups in total. The van der Waals surface area contributed by atoms with E-state index < -0.39 is 11.9 Å². The minimum Gasteiger partial charge on any atom is -0.473 e. The van der Waals surface area contributed by atoms with E-state index in [-0.39, 0.29) is 0 Å². The van der Waals surface area contributed by atoms with E-state index in [0.717, 1.165) is 0 Å². The van der Waals surface area contributed by atoms with Crippen LogP contribution in [0.5, 0.6) is 0 Å². The van der Waals surface area contributed by atoms with Crippen molar-refractivity contribution in [2.24, 2.45) is 0 Å². The van der Waals surface area contributed by atoms with Gasteiger partial charge >= 0.3 is 11.9 Å². The van der Waals surface area contributed by atoms with Crippen LogP contribution in [0.1, 0.15) is 44.1 Å². The van der Waals surface area contributed by atoms with Gasteiger partial charge < -0.3 is 15.1 Å². The first-order chi connectivity index (χ1) is 13.6. The highest BCUT2D eigenvalue weighted by atomic mass is 16.4. The maximum absolute atomic E-state index is 9.10. The summed E-state index contributed by atoms with van der Waals surface area (Å²) in [7, 11) is 0. The Labute approximate surface area is 166 Å². The van der Waals surface area contributed by atoms with E-state index in [0.29, 0.717) is 0 Å². The second-order valence-corrected chi connectivity index (χ2v) is 7.02. The summed E-state index contributed by atoms with van der Waals surface area (Å²) in [6, 6.07) is 15.3. The molecule has 1 aliphatic rings. The number of aliphatic carboxylic acids is 2. The fraction of sp³-hybridized carbons (Fsp3) is 0.391. The Kier molecular flexibility index (Phi) is 9.22. The molecule has 5 nitrogen and oxygen atoms in total. The summed E-state index contributed by atoms with van der Waals surface area (Å²) in [5.41, 5.74) is 1.31. The third kappa shape index (κ3) is 7.92. The number of hydrogen-bond acceptors (Lipinski definition) is 3. The number of unbranched alkanes of at least 4 members (excludes halogenated alkanes) is 2. The van der Waals surface area contributed by atoms with Crippen molar-refractivity contribution < 1.29 is 19.8 Å². The predicted molar refractivity (Wildman–Crippen MR) is 112 cm³/mol. The van der Waals surface area contributed by atoms with Gasteiger partial charge in [-0.2, -0.15) is 0 Å². The summed E-state index contributed by atoms with van der Waals surface area (Å²) in [4.78, 5) is 20.8. The third-order valence-electron chi connectivity index (χ3n) is 4.81. The minimum absolute atomic E-state index is 1.20. The molecule has 0 radical (unpaired) electrons. The van der Waals surface area contributed by atoms with Gasteiger partial charge in [-0.1, -0.05) is 55.0 Å². The van der Waals surface area contributed by atoms with Gasteiger partial charge in [0.25, 0.3) is 0 Å². The molecule has 2 aromatic rings. The molecule has 1 aliphatic heterocycles. The first-order valence-electron chi connectivity index (χ1n) is 9.90. The van der Waals surface area contributed by atoms with Crippen LogP contribution in [-0.4, -0.2) is 46.7 Å². The monoisotopic (exact) mass is 383 g/mol. The van der Waals surface area contributed by atoms with Gasteiger partial charge in [-0.25, -0.2) is 9.59 Å². The lowest BCUT2D eigenvalue weighted by Gasteiger charge is -2.26. The SMILES string of the molecule is C(=Cc1ccc2ccccc2c1)CCCCN1CCCCC1.O=C(O)C(=O)O. The minimum atomic E-state index is -1.82.